The molecule has 3 nitrogen and oxygen atoms in total. The summed E-state index contributed by atoms with van der Waals surface area (Å²) in [6.07, 6.45) is 4.01. The van der Waals surface area contributed by atoms with E-state index in [1.807, 2.05) is 30.5 Å². The zero-order chi connectivity index (χ0) is 12.5. The molecule has 0 saturated carbocycles. The fourth-order valence-electron chi connectivity index (χ4n) is 2.64. The molecule has 0 amide bonds. The van der Waals surface area contributed by atoms with Crippen LogP contribution in [0, 0.1) is 0 Å². The Morgan fingerprint density at radius 2 is 2.33 bits per heavy atom. The number of aliphatic hydroxyl groups excluding tert-OH is 1. The molecule has 18 heavy (non-hydrogen) atoms. The molecular formula is C14H15ClN2O. The van der Waals surface area contributed by atoms with Gasteiger partial charge in [0, 0.05) is 34.9 Å². The van der Waals surface area contributed by atoms with Gasteiger partial charge in [-0.3, -0.25) is 0 Å². The summed E-state index contributed by atoms with van der Waals surface area (Å²) in [4.78, 5) is 4.50. The van der Waals surface area contributed by atoms with E-state index in [9.17, 15) is 5.11 Å². The lowest BCUT2D eigenvalue weighted by Gasteiger charge is -2.23. The van der Waals surface area contributed by atoms with Crippen molar-refractivity contribution in [3.05, 3.63) is 41.2 Å². The standard InChI is InChI=1S/C14H15ClN2O/c15-12-5-1-3-10(7-12)14-16-8-13-11(9-18)4-2-6-17(13)14/h1,3,5,7-8,11,18H,2,4,6,9H2. The van der Waals surface area contributed by atoms with Crippen molar-refractivity contribution < 1.29 is 5.11 Å². The Balaban J connectivity index is 2.07. The van der Waals surface area contributed by atoms with Crippen LogP contribution in [0.1, 0.15) is 24.5 Å². The van der Waals surface area contributed by atoms with Gasteiger partial charge in [0.15, 0.2) is 0 Å². The molecular weight excluding hydrogens is 248 g/mol. The van der Waals surface area contributed by atoms with E-state index in [1.165, 1.54) is 0 Å². The van der Waals surface area contributed by atoms with Crippen molar-refractivity contribution in [3.63, 3.8) is 0 Å². The molecule has 1 aliphatic rings. The van der Waals surface area contributed by atoms with Crippen LogP contribution in [0.2, 0.25) is 5.02 Å². The summed E-state index contributed by atoms with van der Waals surface area (Å²) in [5.74, 6) is 1.17. The van der Waals surface area contributed by atoms with Gasteiger partial charge in [-0.2, -0.15) is 0 Å². The van der Waals surface area contributed by atoms with Gasteiger partial charge in [-0.25, -0.2) is 4.98 Å². The number of nitrogens with zero attached hydrogens (tertiary/aromatic N) is 2. The molecule has 0 aliphatic carbocycles. The van der Waals surface area contributed by atoms with Gasteiger partial charge >= 0.3 is 0 Å². The molecule has 0 radical (unpaired) electrons. The third-order valence-corrected chi connectivity index (χ3v) is 3.78. The lowest BCUT2D eigenvalue weighted by Crippen LogP contribution is -2.18. The van der Waals surface area contributed by atoms with E-state index in [-0.39, 0.29) is 12.5 Å². The Morgan fingerprint density at radius 3 is 3.11 bits per heavy atom. The van der Waals surface area contributed by atoms with E-state index in [0.717, 1.165) is 41.5 Å². The van der Waals surface area contributed by atoms with Crippen molar-refractivity contribution >= 4 is 11.6 Å². The van der Waals surface area contributed by atoms with E-state index in [2.05, 4.69) is 9.55 Å². The van der Waals surface area contributed by atoms with E-state index >= 15 is 0 Å². The molecule has 0 fully saturated rings. The van der Waals surface area contributed by atoms with Crippen molar-refractivity contribution in [2.24, 2.45) is 0 Å². The number of aromatic nitrogens is 2. The fourth-order valence-corrected chi connectivity index (χ4v) is 2.83. The van der Waals surface area contributed by atoms with Gasteiger partial charge in [-0.15, -0.1) is 0 Å². The number of rotatable bonds is 2. The molecule has 1 aliphatic heterocycles. The SMILES string of the molecule is OCC1CCCn2c1cnc2-c1cccc(Cl)c1. The van der Waals surface area contributed by atoms with Crippen LogP contribution in [-0.2, 0) is 6.54 Å². The third kappa shape index (κ3) is 1.93. The number of halogens is 1. The highest BCUT2D eigenvalue weighted by molar-refractivity contribution is 6.30. The lowest BCUT2D eigenvalue weighted by molar-refractivity contribution is 0.241. The molecule has 2 aromatic rings. The van der Waals surface area contributed by atoms with E-state index < -0.39 is 0 Å². The maximum absolute atomic E-state index is 9.40. The number of hydrogen-bond acceptors (Lipinski definition) is 2. The second-order valence-electron chi connectivity index (χ2n) is 4.69. The van der Waals surface area contributed by atoms with Crippen LogP contribution < -0.4 is 0 Å². The number of hydrogen-bond donors (Lipinski definition) is 1. The molecule has 94 valence electrons. The Morgan fingerprint density at radius 1 is 1.44 bits per heavy atom. The maximum Gasteiger partial charge on any atom is 0.140 e. The molecule has 0 spiro atoms. The van der Waals surface area contributed by atoms with Gasteiger partial charge < -0.3 is 9.67 Å². The van der Waals surface area contributed by atoms with Crippen molar-refractivity contribution in [2.75, 3.05) is 6.61 Å². The highest BCUT2D eigenvalue weighted by Crippen LogP contribution is 2.31. The quantitative estimate of drug-likeness (QED) is 0.903. The summed E-state index contributed by atoms with van der Waals surface area (Å²) < 4.78 is 2.20. The van der Waals surface area contributed by atoms with Crippen LogP contribution in [0.15, 0.2) is 30.5 Å². The van der Waals surface area contributed by atoms with E-state index in [0.29, 0.717) is 0 Å². The molecule has 4 heteroatoms. The van der Waals surface area contributed by atoms with Gasteiger partial charge in [0.05, 0.1) is 6.61 Å². The number of benzene rings is 1. The van der Waals surface area contributed by atoms with E-state index in [1.54, 1.807) is 0 Å². The summed E-state index contributed by atoms with van der Waals surface area (Å²) in [5, 5.41) is 10.1. The highest BCUT2D eigenvalue weighted by Gasteiger charge is 2.23. The molecule has 1 atom stereocenters. The molecule has 1 N–H and O–H groups in total. The first kappa shape index (κ1) is 11.8. The summed E-state index contributed by atoms with van der Waals surface area (Å²) in [6, 6.07) is 7.75. The van der Waals surface area contributed by atoms with Crippen LogP contribution in [0.3, 0.4) is 0 Å². The minimum Gasteiger partial charge on any atom is -0.396 e. The van der Waals surface area contributed by atoms with E-state index in [4.69, 9.17) is 11.6 Å². The van der Waals surface area contributed by atoms with Crippen LogP contribution in [0.25, 0.3) is 11.4 Å². The van der Waals surface area contributed by atoms with Crippen LogP contribution >= 0.6 is 11.6 Å². The first-order valence-corrected chi connectivity index (χ1v) is 6.59. The molecule has 1 aromatic heterocycles. The van der Waals surface area contributed by atoms with Crippen LogP contribution in [0.4, 0.5) is 0 Å². The molecule has 2 heterocycles. The van der Waals surface area contributed by atoms with Gasteiger partial charge in [-0.1, -0.05) is 23.7 Å². The monoisotopic (exact) mass is 262 g/mol. The molecule has 0 saturated heterocycles. The molecule has 0 bridgehead atoms. The zero-order valence-electron chi connectivity index (χ0n) is 10.0. The van der Waals surface area contributed by atoms with Gasteiger partial charge in [0.2, 0.25) is 0 Å². The lowest BCUT2D eigenvalue weighted by atomic mass is 9.97. The summed E-state index contributed by atoms with van der Waals surface area (Å²) in [5.41, 5.74) is 2.17. The van der Waals surface area contributed by atoms with Crippen molar-refractivity contribution in [3.8, 4) is 11.4 Å². The molecule has 3 rings (SSSR count). The minimum atomic E-state index is 0.195. The fraction of sp³-hybridized carbons (Fsp3) is 0.357. The predicted octanol–water partition coefficient (Wildman–Crippen LogP) is 3.07. The van der Waals surface area contributed by atoms with Crippen LogP contribution in [0.5, 0.6) is 0 Å². The average molecular weight is 263 g/mol. The third-order valence-electron chi connectivity index (χ3n) is 3.54. The van der Waals surface area contributed by atoms with Crippen LogP contribution in [-0.4, -0.2) is 21.3 Å². The van der Waals surface area contributed by atoms with Gasteiger partial charge in [0.1, 0.15) is 5.82 Å². The maximum atomic E-state index is 9.40. The van der Waals surface area contributed by atoms with Gasteiger partial charge in [-0.05, 0) is 25.0 Å². The minimum absolute atomic E-state index is 0.195. The number of fused-ring (bicyclic) bond motifs is 1. The topological polar surface area (TPSA) is 38.0 Å². The summed E-state index contributed by atoms with van der Waals surface area (Å²) in [7, 11) is 0. The zero-order valence-corrected chi connectivity index (χ0v) is 10.8. The first-order valence-electron chi connectivity index (χ1n) is 6.22. The van der Waals surface area contributed by atoms with Crippen molar-refractivity contribution in [2.45, 2.75) is 25.3 Å². The second-order valence-corrected chi connectivity index (χ2v) is 5.13. The Labute approximate surface area is 111 Å². The highest BCUT2D eigenvalue weighted by atomic mass is 35.5. The Hall–Kier alpha value is -1.32. The van der Waals surface area contributed by atoms with Gasteiger partial charge in [0.25, 0.3) is 0 Å². The summed E-state index contributed by atoms with van der Waals surface area (Å²) >= 11 is 6.02. The number of aliphatic hydroxyl groups is 1. The largest absolute Gasteiger partial charge is 0.396 e. The normalized spacial score (nSPS) is 18.7. The summed E-state index contributed by atoms with van der Waals surface area (Å²) in [6.45, 7) is 1.16. The predicted molar refractivity (Wildman–Crippen MR) is 71.7 cm³/mol. The van der Waals surface area contributed by atoms with Crippen molar-refractivity contribution in [1.29, 1.82) is 0 Å². The average Bonchev–Trinajstić information content (AvgIpc) is 2.82. The van der Waals surface area contributed by atoms with Crippen molar-refractivity contribution in [1.82, 2.24) is 9.55 Å². The molecule has 1 unspecified atom stereocenters. The smallest absolute Gasteiger partial charge is 0.140 e. The first-order chi connectivity index (χ1) is 8.79. The number of imidazole rings is 1. The Kier molecular flexibility index (Phi) is 3.10. The second kappa shape index (κ2) is 4.75. The molecule has 1 aromatic carbocycles. The Bertz CT molecular complexity index is 565.